The van der Waals surface area contributed by atoms with Gasteiger partial charge in [0.2, 0.25) is 5.91 Å². The van der Waals surface area contributed by atoms with Gasteiger partial charge in [0.25, 0.3) is 0 Å². The predicted molar refractivity (Wildman–Crippen MR) is 78.8 cm³/mol. The Labute approximate surface area is 119 Å². The molecule has 0 fully saturated rings. The molecule has 5 heteroatoms. The summed E-state index contributed by atoms with van der Waals surface area (Å²) >= 11 is 0. The predicted octanol–water partition coefficient (Wildman–Crippen LogP) is 2.07. The molecule has 2 rings (SSSR count). The highest BCUT2D eigenvalue weighted by Gasteiger charge is 2.13. The molecule has 0 unspecified atom stereocenters. The third-order valence-corrected chi connectivity index (χ3v) is 3.78. The average molecular weight is 274 g/mol. The summed E-state index contributed by atoms with van der Waals surface area (Å²) in [5.41, 5.74) is 5.02. The zero-order valence-corrected chi connectivity index (χ0v) is 12.9. The standard InChI is InChI=1S/C15H22N4O/c1-6-18(5)15(20)8-7-13-11(3)16-14-9-10(2)17-19(14)12(13)4/h9H,6-8H2,1-5H3. The number of hydrogen-bond donors (Lipinski definition) is 0. The highest BCUT2D eigenvalue weighted by molar-refractivity contribution is 5.76. The Balaban J connectivity index is 2.28. The Kier molecular flexibility index (Phi) is 4.06. The molecule has 0 radical (unpaired) electrons. The number of hydrogen-bond acceptors (Lipinski definition) is 3. The number of nitrogens with zero attached hydrogens (tertiary/aromatic N) is 4. The lowest BCUT2D eigenvalue weighted by Crippen LogP contribution is -2.26. The topological polar surface area (TPSA) is 50.5 Å². The normalized spacial score (nSPS) is 11.1. The van der Waals surface area contributed by atoms with Gasteiger partial charge in [0.1, 0.15) is 0 Å². The van der Waals surface area contributed by atoms with Crippen LogP contribution in [-0.4, -0.2) is 39.0 Å². The number of rotatable bonds is 4. The van der Waals surface area contributed by atoms with E-state index in [-0.39, 0.29) is 5.91 Å². The van der Waals surface area contributed by atoms with Crippen molar-refractivity contribution < 1.29 is 4.79 Å². The van der Waals surface area contributed by atoms with Crippen molar-refractivity contribution in [2.75, 3.05) is 13.6 Å². The maximum absolute atomic E-state index is 11.9. The van der Waals surface area contributed by atoms with Crippen molar-refractivity contribution in [1.29, 1.82) is 0 Å². The summed E-state index contributed by atoms with van der Waals surface area (Å²) < 4.78 is 1.87. The van der Waals surface area contributed by atoms with E-state index in [1.807, 2.05) is 45.3 Å². The number of aryl methyl sites for hydroxylation is 3. The van der Waals surface area contributed by atoms with Crippen LogP contribution in [0.5, 0.6) is 0 Å². The molecule has 2 aromatic heterocycles. The maximum Gasteiger partial charge on any atom is 0.222 e. The molecular formula is C15H22N4O. The van der Waals surface area contributed by atoms with Gasteiger partial charge in [-0.15, -0.1) is 0 Å². The fourth-order valence-electron chi connectivity index (χ4n) is 2.40. The first-order chi connectivity index (χ1) is 9.43. The fraction of sp³-hybridized carbons (Fsp3) is 0.533. The zero-order valence-electron chi connectivity index (χ0n) is 12.9. The van der Waals surface area contributed by atoms with Gasteiger partial charge < -0.3 is 4.90 Å². The zero-order chi connectivity index (χ0) is 14.9. The molecule has 0 atom stereocenters. The molecule has 1 amide bonds. The molecule has 20 heavy (non-hydrogen) atoms. The van der Waals surface area contributed by atoms with E-state index in [4.69, 9.17) is 0 Å². The van der Waals surface area contributed by atoms with Gasteiger partial charge >= 0.3 is 0 Å². The molecule has 0 aliphatic rings. The third kappa shape index (κ3) is 2.66. The van der Waals surface area contributed by atoms with Gasteiger partial charge in [0, 0.05) is 37.5 Å². The van der Waals surface area contributed by atoms with Crippen LogP contribution < -0.4 is 0 Å². The summed E-state index contributed by atoms with van der Waals surface area (Å²) in [5, 5.41) is 4.45. The van der Waals surface area contributed by atoms with Crippen molar-refractivity contribution in [2.24, 2.45) is 0 Å². The molecule has 5 nitrogen and oxygen atoms in total. The van der Waals surface area contributed by atoms with Crippen LogP contribution >= 0.6 is 0 Å². The molecule has 2 aromatic rings. The molecule has 2 heterocycles. The summed E-state index contributed by atoms with van der Waals surface area (Å²) in [6.07, 6.45) is 1.22. The lowest BCUT2D eigenvalue weighted by atomic mass is 10.1. The number of carbonyl (C=O) groups is 1. The minimum Gasteiger partial charge on any atom is -0.346 e. The number of carbonyl (C=O) groups excluding carboxylic acids is 1. The number of amides is 1. The molecule has 0 saturated heterocycles. The van der Waals surface area contributed by atoms with Crippen molar-refractivity contribution >= 4 is 11.6 Å². The molecule has 0 bridgehead atoms. The lowest BCUT2D eigenvalue weighted by Gasteiger charge is -2.15. The smallest absolute Gasteiger partial charge is 0.222 e. The monoisotopic (exact) mass is 274 g/mol. The summed E-state index contributed by atoms with van der Waals surface area (Å²) in [7, 11) is 1.83. The van der Waals surface area contributed by atoms with Gasteiger partial charge in [-0.1, -0.05) is 0 Å². The van der Waals surface area contributed by atoms with Crippen molar-refractivity contribution in [1.82, 2.24) is 19.5 Å². The van der Waals surface area contributed by atoms with Gasteiger partial charge in [-0.05, 0) is 39.7 Å². The molecule has 108 valence electrons. The van der Waals surface area contributed by atoms with E-state index < -0.39 is 0 Å². The minimum atomic E-state index is 0.169. The van der Waals surface area contributed by atoms with Crippen molar-refractivity contribution in [3.63, 3.8) is 0 Å². The summed E-state index contributed by atoms with van der Waals surface area (Å²) in [6.45, 7) is 8.72. The Bertz CT molecular complexity index is 645. The summed E-state index contributed by atoms with van der Waals surface area (Å²) in [5.74, 6) is 0.169. The average Bonchev–Trinajstić information content (AvgIpc) is 2.77. The first kappa shape index (κ1) is 14.5. The summed E-state index contributed by atoms with van der Waals surface area (Å²) in [6, 6.07) is 1.97. The van der Waals surface area contributed by atoms with Crippen LogP contribution in [0.25, 0.3) is 5.65 Å². The Morgan fingerprint density at radius 2 is 2.05 bits per heavy atom. The van der Waals surface area contributed by atoms with Crippen LogP contribution in [0.4, 0.5) is 0 Å². The van der Waals surface area contributed by atoms with E-state index in [0.717, 1.165) is 34.8 Å². The molecule has 0 aliphatic heterocycles. The highest BCUT2D eigenvalue weighted by Crippen LogP contribution is 2.17. The molecule has 0 aliphatic carbocycles. The minimum absolute atomic E-state index is 0.169. The second-order valence-corrected chi connectivity index (χ2v) is 5.22. The van der Waals surface area contributed by atoms with Gasteiger partial charge in [-0.2, -0.15) is 5.10 Å². The van der Waals surface area contributed by atoms with Crippen LogP contribution in [0.1, 0.15) is 36.0 Å². The molecular weight excluding hydrogens is 252 g/mol. The van der Waals surface area contributed by atoms with E-state index in [1.165, 1.54) is 0 Å². The number of aromatic nitrogens is 3. The van der Waals surface area contributed by atoms with Gasteiger partial charge in [-0.25, -0.2) is 9.50 Å². The second kappa shape index (κ2) is 5.61. The van der Waals surface area contributed by atoms with Crippen LogP contribution in [0, 0.1) is 20.8 Å². The molecule has 0 saturated carbocycles. The summed E-state index contributed by atoms with van der Waals surface area (Å²) in [4.78, 5) is 18.2. The van der Waals surface area contributed by atoms with Gasteiger partial charge in [-0.3, -0.25) is 4.79 Å². The van der Waals surface area contributed by atoms with Crippen LogP contribution in [0.3, 0.4) is 0 Å². The van der Waals surface area contributed by atoms with E-state index in [9.17, 15) is 4.79 Å². The highest BCUT2D eigenvalue weighted by atomic mass is 16.2. The van der Waals surface area contributed by atoms with E-state index in [0.29, 0.717) is 12.8 Å². The second-order valence-electron chi connectivity index (χ2n) is 5.22. The quantitative estimate of drug-likeness (QED) is 0.857. The van der Waals surface area contributed by atoms with Gasteiger partial charge in [0.15, 0.2) is 5.65 Å². The Morgan fingerprint density at radius 3 is 2.70 bits per heavy atom. The lowest BCUT2D eigenvalue weighted by molar-refractivity contribution is -0.129. The van der Waals surface area contributed by atoms with Crippen LogP contribution in [0.2, 0.25) is 0 Å². The molecule has 0 N–H and O–H groups in total. The third-order valence-electron chi connectivity index (χ3n) is 3.78. The Hall–Kier alpha value is -1.91. The van der Waals surface area contributed by atoms with Crippen LogP contribution in [0.15, 0.2) is 6.07 Å². The first-order valence-electron chi connectivity index (χ1n) is 7.00. The molecule has 0 aromatic carbocycles. The van der Waals surface area contributed by atoms with E-state index in [1.54, 1.807) is 4.90 Å². The first-order valence-corrected chi connectivity index (χ1v) is 7.00. The maximum atomic E-state index is 11.9. The Morgan fingerprint density at radius 1 is 1.35 bits per heavy atom. The SMILES string of the molecule is CCN(C)C(=O)CCc1c(C)nc2cc(C)nn2c1C. The van der Waals surface area contributed by atoms with Crippen LogP contribution in [-0.2, 0) is 11.2 Å². The number of fused-ring (bicyclic) bond motifs is 1. The van der Waals surface area contributed by atoms with E-state index >= 15 is 0 Å². The van der Waals surface area contributed by atoms with Gasteiger partial charge in [0.05, 0.1) is 5.69 Å². The van der Waals surface area contributed by atoms with Crippen molar-refractivity contribution in [3.8, 4) is 0 Å². The molecule has 0 spiro atoms. The largest absolute Gasteiger partial charge is 0.346 e. The van der Waals surface area contributed by atoms with Crippen molar-refractivity contribution in [3.05, 3.63) is 28.7 Å². The fourth-order valence-corrected chi connectivity index (χ4v) is 2.40. The van der Waals surface area contributed by atoms with Crippen molar-refractivity contribution in [2.45, 2.75) is 40.5 Å². The van der Waals surface area contributed by atoms with E-state index in [2.05, 4.69) is 10.1 Å².